The topological polar surface area (TPSA) is 70.3 Å². The Bertz CT molecular complexity index is 650. The number of benzene rings is 1. The molecule has 0 radical (unpaired) electrons. The summed E-state index contributed by atoms with van der Waals surface area (Å²) in [5.41, 5.74) is 1.46. The van der Waals surface area contributed by atoms with Gasteiger partial charge >= 0.3 is 0 Å². The molecule has 0 saturated carbocycles. The largest absolute Gasteiger partial charge is 0.744 e. The third-order valence-corrected chi connectivity index (χ3v) is 3.30. The van der Waals surface area contributed by atoms with E-state index in [2.05, 4.69) is 0 Å². The van der Waals surface area contributed by atoms with Gasteiger partial charge in [-0.3, -0.25) is 4.84 Å². The molecule has 0 aliphatic rings. The van der Waals surface area contributed by atoms with E-state index >= 15 is 0 Å². The van der Waals surface area contributed by atoms with Crippen LogP contribution in [0.25, 0.3) is 11.1 Å². The van der Waals surface area contributed by atoms with Crippen LogP contribution < -0.4 is 9.57 Å². The highest BCUT2D eigenvalue weighted by Crippen LogP contribution is 2.21. The van der Waals surface area contributed by atoms with E-state index in [-0.39, 0.29) is 4.90 Å². The zero-order valence-corrected chi connectivity index (χ0v) is 10.4. The maximum absolute atomic E-state index is 10.9. The summed E-state index contributed by atoms with van der Waals surface area (Å²) in [4.78, 5) is 4.72. The van der Waals surface area contributed by atoms with Gasteiger partial charge in [-0.25, -0.2) is 8.42 Å². The zero-order chi connectivity index (χ0) is 13.2. The van der Waals surface area contributed by atoms with E-state index in [0.717, 1.165) is 5.56 Å². The van der Waals surface area contributed by atoms with Crippen LogP contribution in [0.15, 0.2) is 53.7 Å². The highest BCUT2D eigenvalue weighted by molar-refractivity contribution is 7.85. The SMILES string of the molecule is CO[n+]1ccc(-c2cccc(S(=O)(=O)[O-])c2)cc1. The van der Waals surface area contributed by atoms with Gasteiger partial charge in [0.1, 0.15) is 17.2 Å². The summed E-state index contributed by atoms with van der Waals surface area (Å²) in [7, 11) is -2.89. The van der Waals surface area contributed by atoms with Gasteiger partial charge in [-0.15, -0.1) is 0 Å². The van der Waals surface area contributed by atoms with Crippen molar-refractivity contribution in [3.05, 3.63) is 48.8 Å². The van der Waals surface area contributed by atoms with E-state index < -0.39 is 10.1 Å². The van der Waals surface area contributed by atoms with Gasteiger partial charge in [0, 0.05) is 16.9 Å². The number of pyridine rings is 1. The summed E-state index contributed by atoms with van der Waals surface area (Å²) in [6, 6.07) is 9.44. The normalized spacial score (nSPS) is 11.2. The van der Waals surface area contributed by atoms with E-state index in [9.17, 15) is 13.0 Å². The van der Waals surface area contributed by atoms with Gasteiger partial charge < -0.3 is 4.55 Å². The molecule has 0 aliphatic heterocycles. The molecule has 94 valence electrons. The molecule has 1 aromatic carbocycles. The highest BCUT2D eigenvalue weighted by Gasteiger charge is 2.06. The zero-order valence-electron chi connectivity index (χ0n) is 9.61. The summed E-state index contributed by atoms with van der Waals surface area (Å²) in [5.74, 6) is 0. The Hall–Kier alpha value is -1.92. The Kier molecular flexibility index (Phi) is 3.31. The van der Waals surface area contributed by atoms with Gasteiger partial charge in [0.25, 0.3) is 0 Å². The van der Waals surface area contributed by atoms with Crippen molar-refractivity contribution in [3.63, 3.8) is 0 Å². The summed E-state index contributed by atoms with van der Waals surface area (Å²) in [6.07, 6.45) is 3.38. The van der Waals surface area contributed by atoms with Crippen molar-refractivity contribution >= 4 is 10.1 Å². The van der Waals surface area contributed by atoms with Crippen molar-refractivity contribution in [2.75, 3.05) is 7.11 Å². The van der Waals surface area contributed by atoms with E-state index in [1.165, 1.54) is 30.0 Å². The molecule has 2 rings (SSSR count). The Morgan fingerprint density at radius 1 is 1.11 bits per heavy atom. The smallest absolute Gasteiger partial charge is 0.223 e. The van der Waals surface area contributed by atoms with Gasteiger partial charge in [-0.2, -0.15) is 0 Å². The fourth-order valence-corrected chi connectivity index (χ4v) is 2.07. The predicted octanol–water partition coefficient (Wildman–Crippen LogP) is 0.604. The van der Waals surface area contributed by atoms with E-state index in [1.54, 1.807) is 30.6 Å². The van der Waals surface area contributed by atoms with E-state index in [1.807, 2.05) is 0 Å². The quantitative estimate of drug-likeness (QED) is 0.602. The number of nitrogens with zero attached hydrogens (tertiary/aromatic N) is 1. The molecule has 0 atom stereocenters. The van der Waals surface area contributed by atoms with Gasteiger partial charge in [0.2, 0.25) is 12.4 Å². The number of aromatic nitrogens is 1. The van der Waals surface area contributed by atoms with Crippen LogP contribution in [0.1, 0.15) is 0 Å². The summed E-state index contributed by atoms with van der Waals surface area (Å²) < 4.78 is 34.3. The predicted molar refractivity (Wildman–Crippen MR) is 62.5 cm³/mol. The molecule has 0 unspecified atom stereocenters. The van der Waals surface area contributed by atoms with Crippen molar-refractivity contribution in [1.82, 2.24) is 0 Å². The molecule has 6 heteroatoms. The van der Waals surface area contributed by atoms with Crippen LogP contribution in [0, 0.1) is 0 Å². The Morgan fingerprint density at radius 3 is 2.33 bits per heavy atom. The first-order chi connectivity index (χ1) is 8.50. The van der Waals surface area contributed by atoms with E-state index in [0.29, 0.717) is 5.56 Å². The first-order valence-electron chi connectivity index (χ1n) is 5.13. The Morgan fingerprint density at radius 2 is 1.78 bits per heavy atom. The second-order valence-corrected chi connectivity index (χ2v) is 4.99. The molecular formula is C12H11NO4S. The summed E-state index contributed by atoms with van der Waals surface area (Å²) in [6.45, 7) is 0. The molecule has 0 spiro atoms. The van der Waals surface area contributed by atoms with Crippen LogP contribution in [-0.4, -0.2) is 20.1 Å². The van der Waals surface area contributed by atoms with Crippen LogP contribution in [0.5, 0.6) is 0 Å². The number of hydrogen-bond acceptors (Lipinski definition) is 4. The molecule has 0 saturated heterocycles. The minimum absolute atomic E-state index is 0.233. The van der Waals surface area contributed by atoms with Crippen molar-refractivity contribution in [3.8, 4) is 11.1 Å². The van der Waals surface area contributed by atoms with Crippen molar-refractivity contribution in [2.45, 2.75) is 4.90 Å². The molecular weight excluding hydrogens is 254 g/mol. The minimum Gasteiger partial charge on any atom is -0.744 e. The average molecular weight is 265 g/mol. The molecule has 0 N–H and O–H groups in total. The molecule has 2 aromatic rings. The summed E-state index contributed by atoms with van der Waals surface area (Å²) in [5, 5.41) is 0. The lowest BCUT2D eigenvalue weighted by molar-refractivity contribution is -0.885. The molecule has 0 fully saturated rings. The molecule has 18 heavy (non-hydrogen) atoms. The lowest BCUT2D eigenvalue weighted by atomic mass is 10.1. The Labute approximate surface area is 105 Å². The van der Waals surface area contributed by atoms with Crippen molar-refractivity contribution < 1.29 is 22.5 Å². The minimum atomic E-state index is -4.43. The third kappa shape index (κ3) is 2.66. The maximum atomic E-state index is 10.9. The molecule has 5 nitrogen and oxygen atoms in total. The molecule has 0 bridgehead atoms. The second-order valence-electron chi connectivity index (χ2n) is 3.61. The fraction of sp³-hybridized carbons (Fsp3) is 0.0833. The van der Waals surface area contributed by atoms with Crippen LogP contribution in [0.2, 0.25) is 0 Å². The Balaban J connectivity index is 2.44. The first-order valence-corrected chi connectivity index (χ1v) is 6.53. The first kappa shape index (κ1) is 12.5. The molecule has 0 aliphatic carbocycles. The molecule has 0 amide bonds. The lowest BCUT2D eigenvalue weighted by Gasteiger charge is -2.08. The maximum Gasteiger partial charge on any atom is 0.223 e. The third-order valence-electron chi connectivity index (χ3n) is 2.47. The average Bonchev–Trinajstić information content (AvgIpc) is 2.38. The van der Waals surface area contributed by atoms with Crippen LogP contribution in [-0.2, 0) is 10.1 Å². The number of rotatable bonds is 3. The summed E-state index contributed by atoms with van der Waals surface area (Å²) >= 11 is 0. The van der Waals surface area contributed by atoms with Gasteiger partial charge in [0.15, 0.2) is 0 Å². The van der Waals surface area contributed by atoms with Crippen molar-refractivity contribution in [2.24, 2.45) is 0 Å². The fourth-order valence-electron chi connectivity index (χ4n) is 1.56. The van der Waals surface area contributed by atoms with E-state index in [4.69, 9.17) is 4.84 Å². The van der Waals surface area contributed by atoms with Crippen LogP contribution in [0.4, 0.5) is 0 Å². The lowest BCUT2D eigenvalue weighted by Crippen LogP contribution is -2.39. The van der Waals surface area contributed by atoms with Crippen LogP contribution in [0.3, 0.4) is 0 Å². The number of hydrogen-bond donors (Lipinski definition) is 0. The van der Waals surface area contributed by atoms with Crippen LogP contribution >= 0.6 is 0 Å². The van der Waals surface area contributed by atoms with Gasteiger partial charge in [0.05, 0.1) is 4.90 Å². The second kappa shape index (κ2) is 4.75. The highest BCUT2D eigenvalue weighted by atomic mass is 32.2. The standard InChI is InChI=1S/C12H11NO4S/c1-17-13-7-5-10(6-8-13)11-3-2-4-12(9-11)18(14,15)16/h2-9H,1H3. The molecule has 1 aromatic heterocycles. The molecule has 1 heterocycles. The monoisotopic (exact) mass is 265 g/mol. The van der Waals surface area contributed by atoms with Gasteiger partial charge in [-0.05, 0) is 23.3 Å². The van der Waals surface area contributed by atoms with Crippen molar-refractivity contribution in [1.29, 1.82) is 0 Å². The van der Waals surface area contributed by atoms with Gasteiger partial charge in [-0.1, -0.05) is 12.1 Å².